The third-order valence-electron chi connectivity index (χ3n) is 5.02. The summed E-state index contributed by atoms with van der Waals surface area (Å²) in [6.07, 6.45) is 6.15. The predicted molar refractivity (Wildman–Crippen MR) is 106 cm³/mol. The Hall–Kier alpha value is -2.50. The number of fused-ring (bicyclic) bond motifs is 1. The number of rotatable bonds is 6. The number of piperidine rings is 1. The molecule has 1 aliphatic heterocycles. The molecule has 1 atom stereocenters. The monoisotopic (exact) mass is 363 g/mol. The molecule has 0 N–H and O–H groups in total. The zero-order valence-electron chi connectivity index (χ0n) is 15.7. The summed E-state index contributed by atoms with van der Waals surface area (Å²) >= 11 is 0. The number of pyridine rings is 2. The molecule has 3 aromatic rings. The maximum atomic E-state index is 6.14. The van der Waals surface area contributed by atoms with Gasteiger partial charge in [-0.1, -0.05) is 24.3 Å². The summed E-state index contributed by atoms with van der Waals surface area (Å²) in [5.41, 5.74) is 3.22. The van der Waals surface area contributed by atoms with E-state index in [0.29, 0.717) is 12.5 Å². The van der Waals surface area contributed by atoms with Gasteiger partial charge in [-0.2, -0.15) is 0 Å². The van der Waals surface area contributed by atoms with Crippen LogP contribution in [0.5, 0.6) is 5.88 Å². The minimum atomic E-state index is 0.248. The first-order valence-corrected chi connectivity index (χ1v) is 9.47. The van der Waals surface area contributed by atoms with Crippen molar-refractivity contribution < 1.29 is 9.47 Å². The fourth-order valence-electron chi connectivity index (χ4n) is 3.66. The molecule has 5 nitrogen and oxygen atoms in total. The van der Waals surface area contributed by atoms with Crippen LogP contribution in [0, 0.1) is 0 Å². The van der Waals surface area contributed by atoms with Crippen molar-refractivity contribution in [2.75, 3.05) is 20.2 Å². The number of ether oxygens (including phenoxy) is 2. The van der Waals surface area contributed by atoms with E-state index in [1.54, 1.807) is 13.3 Å². The van der Waals surface area contributed by atoms with Gasteiger partial charge < -0.3 is 9.47 Å². The molecule has 1 fully saturated rings. The Balaban J connectivity index is 1.42. The van der Waals surface area contributed by atoms with Gasteiger partial charge in [-0.3, -0.25) is 9.88 Å². The lowest BCUT2D eigenvalue weighted by molar-refractivity contribution is -0.0123. The summed E-state index contributed by atoms with van der Waals surface area (Å²) < 4.78 is 11.7. The van der Waals surface area contributed by atoms with Gasteiger partial charge in [0, 0.05) is 36.4 Å². The molecule has 5 heteroatoms. The summed E-state index contributed by atoms with van der Waals surface area (Å²) in [6, 6.07) is 14.4. The molecule has 3 heterocycles. The van der Waals surface area contributed by atoms with Gasteiger partial charge in [0.05, 0.1) is 25.3 Å². The van der Waals surface area contributed by atoms with E-state index < -0.39 is 0 Å². The van der Waals surface area contributed by atoms with E-state index in [-0.39, 0.29) is 6.10 Å². The first kappa shape index (κ1) is 17.9. The van der Waals surface area contributed by atoms with Crippen LogP contribution in [0.4, 0.5) is 0 Å². The fourth-order valence-corrected chi connectivity index (χ4v) is 3.66. The Kier molecular flexibility index (Phi) is 5.61. The van der Waals surface area contributed by atoms with E-state index in [2.05, 4.69) is 33.1 Å². The summed E-state index contributed by atoms with van der Waals surface area (Å²) in [5.74, 6) is 0.715. The molecule has 0 saturated carbocycles. The quantitative estimate of drug-likeness (QED) is 0.666. The van der Waals surface area contributed by atoms with Gasteiger partial charge in [-0.25, -0.2) is 4.98 Å². The molecule has 4 rings (SSSR count). The summed E-state index contributed by atoms with van der Waals surface area (Å²) in [5, 5.41) is 1.15. The minimum absolute atomic E-state index is 0.248. The first-order chi connectivity index (χ1) is 13.3. The number of benzene rings is 1. The second-order valence-electron chi connectivity index (χ2n) is 7.02. The molecule has 140 valence electrons. The number of methoxy groups -OCH3 is 1. The maximum Gasteiger partial charge on any atom is 0.218 e. The van der Waals surface area contributed by atoms with E-state index in [1.807, 2.05) is 30.5 Å². The number of para-hydroxylation sites is 1. The highest BCUT2D eigenvalue weighted by molar-refractivity contribution is 5.80. The second kappa shape index (κ2) is 8.46. The zero-order chi connectivity index (χ0) is 18.5. The molecule has 1 aromatic carbocycles. The van der Waals surface area contributed by atoms with Gasteiger partial charge in [-0.05, 0) is 43.1 Å². The average Bonchev–Trinajstić information content (AvgIpc) is 2.73. The molecule has 1 aliphatic rings. The van der Waals surface area contributed by atoms with Crippen molar-refractivity contribution >= 4 is 10.9 Å². The van der Waals surface area contributed by atoms with Crippen LogP contribution in [0.1, 0.15) is 24.0 Å². The Morgan fingerprint density at radius 3 is 2.96 bits per heavy atom. The van der Waals surface area contributed by atoms with Crippen LogP contribution in [-0.4, -0.2) is 41.2 Å². The number of aromatic nitrogens is 2. The lowest BCUT2D eigenvalue weighted by atomic mass is 10.1. The highest BCUT2D eigenvalue weighted by Gasteiger charge is 2.22. The topological polar surface area (TPSA) is 47.5 Å². The molecule has 0 bridgehead atoms. The van der Waals surface area contributed by atoms with Crippen molar-refractivity contribution in [3.63, 3.8) is 0 Å². The van der Waals surface area contributed by atoms with Gasteiger partial charge in [0.1, 0.15) is 0 Å². The summed E-state index contributed by atoms with van der Waals surface area (Å²) in [4.78, 5) is 11.3. The maximum absolute atomic E-state index is 6.14. The molecule has 0 aliphatic carbocycles. The van der Waals surface area contributed by atoms with Crippen molar-refractivity contribution in [1.82, 2.24) is 14.9 Å². The lowest BCUT2D eigenvalue weighted by Gasteiger charge is -2.32. The standard InChI is InChI=1S/C22H25N3O2/c1-26-22-19(12-18-7-2-3-9-21(18)24-22)14-25-11-5-8-20(15-25)27-16-17-6-4-10-23-13-17/h2-4,6-7,9-10,12-13,20H,5,8,11,14-16H2,1H3/t20-/m1/s1. The molecular weight excluding hydrogens is 338 g/mol. The second-order valence-corrected chi connectivity index (χ2v) is 7.02. The minimum Gasteiger partial charge on any atom is -0.481 e. The zero-order valence-corrected chi connectivity index (χ0v) is 15.7. The van der Waals surface area contributed by atoms with Crippen LogP contribution in [0.3, 0.4) is 0 Å². The summed E-state index contributed by atoms with van der Waals surface area (Å²) in [6.45, 7) is 3.44. The fraction of sp³-hybridized carbons (Fsp3) is 0.364. The van der Waals surface area contributed by atoms with E-state index in [1.165, 1.54) is 0 Å². The van der Waals surface area contributed by atoms with Crippen LogP contribution < -0.4 is 4.74 Å². The van der Waals surface area contributed by atoms with Gasteiger partial charge in [0.2, 0.25) is 5.88 Å². The lowest BCUT2D eigenvalue weighted by Crippen LogP contribution is -2.39. The van der Waals surface area contributed by atoms with Crippen molar-refractivity contribution in [3.05, 3.63) is 66.0 Å². The SMILES string of the molecule is COc1nc2ccccc2cc1CN1CCC[C@@H](OCc2cccnc2)C1. The number of hydrogen-bond donors (Lipinski definition) is 0. The Labute approximate surface area is 160 Å². The molecule has 27 heavy (non-hydrogen) atoms. The first-order valence-electron chi connectivity index (χ1n) is 9.47. The van der Waals surface area contributed by atoms with Crippen LogP contribution >= 0.6 is 0 Å². The van der Waals surface area contributed by atoms with Gasteiger partial charge >= 0.3 is 0 Å². The smallest absolute Gasteiger partial charge is 0.218 e. The number of hydrogen-bond acceptors (Lipinski definition) is 5. The van der Waals surface area contributed by atoms with Crippen LogP contribution in [0.2, 0.25) is 0 Å². The van der Waals surface area contributed by atoms with Crippen LogP contribution in [-0.2, 0) is 17.9 Å². The van der Waals surface area contributed by atoms with Crippen molar-refractivity contribution in [3.8, 4) is 5.88 Å². The molecule has 0 radical (unpaired) electrons. The Morgan fingerprint density at radius 2 is 2.11 bits per heavy atom. The van der Waals surface area contributed by atoms with E-state index in [4.69, 9.17) is 9.47 Å². The third kappa shape index (κ3) is 4.43. The van der Waals surface area contributed by atoms with E-state index >= 15 is 0 Å². The van der Waals surface area contributed by atoms with Crippen LogP contribution in [0.25, 0.3) is 10.9 Å². The average molecular weight is 363 g/mol. The van der Waals surface area contributed by atoms with Gasteiger partial charge in [-0.15, -0.1) is 0 Å². The van der Waals surface area contributed by atoms with E-state index in [9.17, 15) is 0 Å². The molecular formula is C22H25N3O2. The summed E-state index contributed by atoms with van der Waals surface area (Å²) in [7, 11) is 1.69. The molecule has 0 unspecified atom stereocenters. The third-order valence-corrected chi connectivity index (χ3v) is 5.02. The van der Waals surface area contributed by atoms with E-state index in [0.717, 1.165) is 54.5 Å². The molecule has 0 spiro atoms. The van der Waals surface area contributed by atoms with Gasteiger partial charge in [0.25, 0.3) is 0 Å². The molecule has 0 amide bonds. The normalized spacial score (nSPS) is 17.9. The molecule has 1 saturated heterocycles. The van der Waals surface area contributed by atoms with Crippen molar-refractivity contribution in [2.24, 2.45) is 0 Å². The van der Waals surface area contributed by atoms with Crippen LogP contribution in [0.15, 0.2) is 54.9 Å². The number of likely N-dealkylation sites (tertiary alicyclic amines) is 1. The largest absolute Gasteiger partial charge is 0.481 e. The number of nitrogens with zero attached hydrogens (tertiary/aromatic N) is 3. The van der Waals surface area contributed by atoms with Crippen molar-refractivity contribution in [1.29, 1.82) is 0 Å². The Bertz CT molecular complexity index is 885. The molecule has 2 aromatic heterocycles. The van der Waals surface area contributed by atoms with Gasteiger partial charge in [0.15, 0.2) is 0 Å². The highest BCUT2D eigenvalue weighted by Crippen LogP contribution is 2.25. The van der Waals surface area contributed by atoms with Crippen molar-refractivity contribution in [2.45, 2.75) is 32.1 Å². The highest BCUT2D eigenvalue weighted by atomic mass is 16.5. The Morgan fingerprint density at radius 1 is 1.19 bits per heavy atom. The predicted octanol–water partition coefficient (Wildman–Crippen LogP) is 3.82.